The fourth-order valence-corrected chi connectivity index (χ4v) is 5.02. The molecule has 2 saturated heterocycles. The molecule has 6 nitrogen and oxygen atoms in total. The Hall–Kier alpha value is -1.47. The van der Waals surface area contributed by atoms with Gasteiger partial charge in [-0.15, -0.1) is 0 Å². The topological polar surface area (TPSA) is 74.2 Å². The number of aliphatic hydroxyl groups excluding tert-OH is 1. The van der Waals surface area contributed by atoms with E-state index in [2.05, 4.69) is 27.7 Å². The highest BCUT2D eigenvalue weighted by Crippen LogP contribution is 2.41. The van der Waals surface area contributed by atoms with Crippen LogP contribution in [0.1, 0.15) is 66.1 Å². The lowest BCUT2D eigenvalue weighted by molar-refractivity contribution is -0.320. The zero-order chi connectivity index (χ0) is 22.7. The van der Waals surface area contributed by atoms with Gasteiger partial charge < -0.3 is 24.1 Å². The molecule has 0 spiro atoms. The molecule has 1 aromatic rings. The number of esters is 1. The Bertz CT molecular complexity index is 709. The molecule has 2 aliphatic rings. The molecule has 0 radical (unpaired) electrons. The summed E-state index contributed by atoms with van der Waals surface area (Å²) in [6.45, 7) is 11.8. The van der Waals surface area contributed by atoms with Crippen LogP contribution in [-0.2, 0) is 23.7 Å². The molecule has 0 aliphatic carbocycles. The summed E-state index contributed by atoms with van der Waals surface area (Å²) in [7, 11) is 0. The first-order valence-corrected chi connectivity index (χ1v) is 11.6. The summed E-state index contributed by atoms with van der Waals surface area (Å²) in [4.78, 5) is 11.8. The standard InChI is InChI=1S/C25H38O6/c1-7-19-14(3)15(4)23(28-17(6)26)25(30-19)31-22-16(5)20(8-2)29-24(21(22)27)18-12-10-9-11-13-18/h9-16,19-25,27H,7-8H2,1-6H3/t14-,15-,16+,19+,20+,21-,22-,23-,24+,25+/m0/s1. The number of carbonyl (C=O) groups excluding carboxylic acids is 1. The van der Waals surface area contributed by atoms with Gasteiger partial charge in [0.1, 0.15) is 12.2 Å². The maximum atomic E-state index is 11.8. The van der Waals surface area contributed by atoms with Gasteiger partial charge in [0.05, 0.1) is 18.3 Å². The Morgan fingerprint density at radius 2 is 1.55 bits per heavy atom. The molecule has 0 unspecified atom stereocenters. The number of hydrogen-bond acceptors (Lipinski definition) is 6. The van der Waals surface area contributed by atoms with Crippen molar-refractivity contribution in [2.45, 2.75) is 97.3 Å². The van der Waals surface area contributed by atoms with Gasteiger partial charge in [0, 0.05) is 18.8 Å². The van der Waals surface area contributed by atoms with Crippen molar-refractivity contribution < 1.29 is 28.8 Å². The van der Waals surface area contributed by atoms with Gasteiger partial charge in [0.2, 0.25) is 0 Å². The smallest absolute Gasteiger partial charge is 0.303 e. The molecule has 31 heavy (non-hydrogen) atoms. The first-order chi connectivity index (χ1) is 14.8. The lowest BCUT2D eigenvalue weighted by Gasteiger charge is -2.48. The van der Waals surface area contributed by atoms with Crippen LogP contribution >= 0.6 is 0 Å². The SMILES string of the molecule is CC[C@H]1O[C@H](O[C@H]2[C@H](C)[C@@H](CC)O[C@H](c3ccccc3)[C@H]2O)[C@@H](OC(C)=O)[C@@H](C)[C@@H]1C. The van der Waals surface area contributed by atoms with Crippen molar-refractivity contribution >= 4 is 5.97 Å². The largest absolute Gasteiger partial charge is 0.457 e. The third-order valence-corrected chi connectivity index (χ3v) is 7.11. The Kier molecular flexibility index (Phi) is 8.14. The second-order valence-corrected chi connectivity index (χ2v) is 9.11. The Labute approximate surface area is 186 Å². The number of rotatable bonds is 6. The van der Waals surface area contributed by atoms with Gasteiger partial charge in [-0.1, -0.05) is 65.0 Å². The molecule has 0 amide bonds. The van der Waals surface area contributed by atoms with Gasteiger partial charge in [-0.25, -0.2) is 0 Å². The molecule has 3 rings (SSSR count). The molecule has 2 fully saturated rings. The van der Waals surface area contributed by atoms with E-state index >= 15 is 0 Å². The predicted octanol–water partition coefficient (Wildman–Crippen LogP) is 4.26. The van der Waals surface area contributed by atoms with E-state index in [1.54, 1.807) is 0 Å². The van der Waals surface area contributed by atoms with Crippen molar-refractivity contribution in [1.82, 2.24) is 0 Å². The number of hydrogen-bond donors (Lipinski definition) is 1. The normalized spacial score (nSPS) is 41.0. The molecular weight excluding hydrogens is 396 g/mol. The van der Waals surface area contributed by atoms with Crippen LogP contribution in [0.15, 0.2) is 30.3 Å². The second-order valence-electron chi connectivity index (χ2n) is 9.11. The molecule has 0 bridgehead atoms. The molecule has 0 aromatic heterocycles. The number of ether oxygens (including phenoxy) is 4. The van der Waals surface area contributed by atoms with Crippen LogP contribution in [-0.4, -0.2) is 47.9 Å². The number of benzene rings is 1. The summed E-state index contributed by atoms with van der Waals surface area (Å²) in [6, 6.07) is 9.75. The van der Waals surface area contributed by atoms with Gasteiger partial charge in [-0.05, 0) is 24.3 Å². The molecular formula is C25H38O6. The molecule has 2 heterocycles. The van der Waals surface area contributed by atoms with E-state index in [1.165, 1.54) is 6.92 Å². The fraction of sp³-hybridized carbons (Fsp3) is 0.720. The van der Waals surface area contributed by atoms with Crippen molar-refractivity contribution in [1.29, 1.82) is 0 Å². The average Bonchev–Trinajstić information content (AvgIpc) is 2.76. The second kappa shape index (κ2) is 10.4. The molecule has 0 saturated carbocycles. The molecule has 1 aromatic carbocycles. The Morgan fingerprint density at radius 1 is 0.935 bits per heavy atom. The molecule has 10 atom stereocenters. The van der Waals surface area contributed by atoms with Crippen molar-refractivity contribution in [3.8, 4) is 0 Å². The first kappa shape index (κ1) is 24.2. The highest BCUT2D eigenvalue weighted by Gasteiger charge is 2.49. The lowest BCUT2D eigenvalue weighted by Crippen LogP contribution is -2.57. The summed E-state index contributed by atoms with van der Waals surface area (Å²) in [5.74, 6) is -0.0971. The van der Waals surface area contributed by atoms with E-state index in [0.29, 0.717) is 0 Å². The summed E-state index contributed by atoms with van der Waals surface area (Å²) in [5, 5.41) is 11.3. The molecule has 2 aliphatic heterocycles. The average molecular weight is 435 g/mol. The van der Waals surface area contributed by atoms with E-state index in [4.69, 9.17) is 18.9 Å². The third-order valence-electron chi connectivity index (χ3n) is 7.11. The van der Waals surface area contributed by atoms with Crippen molar-refractivity contribution in [2.24, 2.45) is 17.8 Å². The predicted molar refractivity (Wildman–Crippen MR) is 117 cm³/mol. The van der Waals surface area contributed by atoms with Crippen LogP contribution in [0.5, 0.6) is 0 Å². The van der Waals surface area contributed by atoms with Gasteiger partial charge in [-0.3, -0.25) is 4.79 Å². The molecule has 6 heteroatoms. The van der Waals surface area contributed by atoms with E-state index < -0.39 is 30.7 Å². The number of aliphatic hydroxyl groups is 1. The molecule has 174 valence electrons. The van der Waals surface area contributed by atoms with Gasteiger partial charge in [0.25, 0.3) is 0 Å². The highest BCUT2D eigenvalue weighted by atomic mass is 16.7. The Morgan fingerprint density at radius 3 is 2.13 bits per heavy atom. The van der Waals surface area contributed by atoms with E-state index in [1.807, 2.05) is 37.3 Å². The summed E-state index contributed by atoms with van der Waals surface area (Å²) in [5.41, 5.74) is 0.920. The number of carbonyl (C=O) groups is 1. The Balaban J connectivity index is 1.87. The van der Waals surface area contributed by atoms with Crippen LogP contribution in [0.2, 0.25) is 0 Å². The van der Waals surface area contributed by atoms with Crippen molar-refractivity contribution in [2.75, 3.05) is 0 Å². The fourth-order valence-electron chi connectivity index (χ4n) is 5.02. The van der Waals surface area contributed by atoms with Gasteiger partial charge in [-0.2, -0.15) is 0 Å². The summed E-state index contributed by atoms with van der Waals surface area (Å²) < 4.78 is 24.7. The third kappa shape index (κ3) is 5.14. The van der Waals surface area contributed by atoms with E-state index in [-0.39, 0.29) is 35.9 Å². The maximum absolute atomic E-state index is 11.8. The minimum absolute atomic E-state index is 0.00555. The molecule has 1 N–H and O–H groups in total. The van der Waals surface area contributed by atoms with Gasteiger partial charge >= 0.3 is 5.97 Å². The first-order valence-electron chi connectivity index (χ1n) is 11.6. The van der Waals surface area contributed by atoms with Crippen LogP contribution in [0.25, 0.3) is 0 Å². The quantitative estimate of drug-likeness (QED) is 0.675. The highest BCUT2D eigenvalue weighted by molar-refractivity contribution is 5.66. The van der Waals surface area contributed by atoms with Crippen LogP contribution in [0, 0.1) is 17.8 Å². The van der Waals surface area contributed by atoms with Crippen LogP contribution in [0.3, 0.4) is 0 Å². The minimum atomic E-state index is -0.864. The van der Waals surface area contributed by atoms with Crippen molar-refractivity contribution in [3.63, 3.8) is 0 Å². The zero-order valence-corrected chi connectivity index (χ0v) is 19.6. The monoisotopic (exact) mass is 434 g/mol. The van der Waals surface area contributed by atoms with Gasteiger partial charge in [0.15, 0.2) is 12.4 Å². The van der Waals surface area contributed by atoms with Crippen molar-refractivity contribution in [3.05, 3.63) is 35.9 Å². The van der Waals surface area contributed by atoms with Crippen LogP contribution < -0.4 is 0 Å². The van der Waals surface area contributed by atoms with Crippen LogP contribution in [0.4, 0.5) is 0 Å². The minimum Gasteiger partial charge on any atom is -0.457 e. The summed E-state index contributed by atoms with van der Waals surface area (Å²) >= 11 is 0. The lowest BCUT2D eigenvalue weighted by atomic mass is 9.81. The van der Waals surface area contributed by atoms with E-state index in [9.17, 15) is 9.90 Å². The maximum Gasteiger partial charge on any atom is 0.303 e. The van der Waals surface area contributed by atoms with E-state index in [0.717, 1.165) is 18.4 Å². The zero-order valence-electron chi connectivity index (χ0n) is 19.6. The summed E-state index contributed by atoms with van der Waals surface area (Å²) in [6.07, 6.45) is -1.52.